The lowest BCUT2D eigenvalue weighted by Crippen LogP contribution is -2.54. The Balaban J connectivity index is 3.20. The molecule has 1 unspecified atom stereocenters. The minimum atomic E-state index is -6.49. The molecule has 20 heavy (non-hydrogen) atoms. The van der Waals surface area contributed by atoms with Gasteiger partial charge in [0.05, 0.1) is 7.11 Å². The van der Waals surface area contributed by atoms with Gasteiger partial charge >= 0.3 is 18.0 Å². The predicted octanol–water partition coefficient (Wildman–Crippen LogP) is 3.56. The third-order valence-corrected chi connectivity index (χ3v) is 2.53. The summed E-state index contributed by atoms with van der Waals surface area (Å²) in [6, 6.07) is 3.84. The number of methoxy groups -OCH3 is 1. The lowest BCUT2D eigenvalue weighted by atomic mass is 9.98. The smallest absolute Gasteiger partial charge is 0.459 e. The van der Waals surface area contributed by atoms with Gasteiger partial charge in [-0.05, 0) is 17.7 Å². The molecular formula is C11H9F7O2. The van der Waals surface area contributed by atoms with Gasteiger partial charge in [-0.3, -0.25) is 0 Å². The quantitative estimate of drug-likeness (QED) is 0.862. The Hall–Kier alpha value is -1.51. The zero-order valence-corrected chi connectivity index (χ0v) is 9.89. The second-order valence-corrected chi connectivity index (χ2v) is 3.87. The Bertz CT molecular complexity index is 470. The van der Waals surface area contributed by atoms with Gasteiger partial charge in [0.2, 0.25) is 0 Å². The van der Waals surface area contributed by atoms with Crippen molar-refractivity contribution in [3.63, 3.8) is 0 Å². The van der Waals surface area contributed by atoms with E-state index in [1.807, 2.05) is 0 Å². The van der Waals surface area contributed by atoms with Crippen LogP contribution in [0.2, 0.25) is 0 Å². The first-order chi connectivity index (χ1) is 8.95. The lowest BCUT2D eigenvalue weighted by Gasteiger charge is -2.31. The lowest BCUT2D eigenvalue weighted by molar-refractivity contribution is -0.372. The molecule has 0 radical (unpaired) electrons. The first-order valence-corrected chi connectivity index (χ1v) is 5.09. The van der Waals surface area contributed by atoms with E-state index in [4.69, 9.17) is 0 Å². The third kappa shape index (κ3) is 2.67. The van der Waals surface area contributed by atoms with Gasteiger partial charge in [0.1, 0.15) is 11.9 Å². The monoisotopic (exact) mass is 306 g/mol. The van der Waals surface area contributed by atoms with Crippen LogP contribution < -0.4 is 4.74 Å². The van der Waals surface area contributed by atoms with Crippen LogP contribution in [0.5, 0.6) is 5.75 Å². The summed E-state index contributed by atoms with van der Waals surface area (Å²) in [4.78, 5) is 0. The van der Waals surface area contributed by atoms with E-state index in [2.05, 4.69) is 4.74 Å². The summed E-state index contributed by atoms with van der Waals surface area (Å²) in [7, 11) is 1.13. The van der Waals surface area contributed by atoms with E-state index in [9.17, 15) is 35.8 Å². The zero-order valence-electron chi connectivity index (χ0n) is 9.89. The number of halogens is 7. The van der Waals surface area contributed by atoms with E-state index >= 15 is 0 Å². The number of alkyl halides is 7. The highest BCUT2D eigenvalue weighted by Gasteiger charge is 2.75. The molecule has 0 aliphatic carbocycles. The first kappa shape index (κ1) is 16.5. The third-order valence-electron chi connectivity index (χ3n) is 2.53. The average molecular weight is 306 g/mol. The molecule has 0 saturated carbocycles. The van der Waals surface area contributed by atoms with E-state index in [-0.39, 0.29) is 5.75 Å². The topological polar surface area (TPSA) is 29.5 Å². The summed E-state index contributed by atoms with van der Waals surface area (Å²) >= 11 is 0. The normalized spacial score (nSPS) is 15.1. The first-order valence-electron chi connectivity index (χ1n) is 5.09. The molecule has 114 valence electrons. The van der Waals surface area contributed by atoms with Crippen LogP contribution in [0.25, 0.3) is 0 Å². The van der Waals surface area contributed by atoms with Gasteiger partial charge in [0.15, 0.2) is 0 Å². The molecule has 1 aromatic rings. The minimum absolute atomic E-state index is 0.0762. The van der Waals surface area contributed by atoms with Crippen molar-refractivity contribution in [2.75, 3.05) is 7.11 Å². The summed E-state index contributed by atoms with van der Waals surface area (Å²) in [6.07, 6.45) is -9.83. The molecule has 9 heteroatoms. The average Bonchev–Trinajstić information content (AvgIpc) is 2.36. The minimum Gasteiger partial charge on any atom is -0.497 e. The van der Waals surface area contributed by atoms with Gasteiger partial charge in [-0.2, -0.15) is 30.7 Å². The van der Waals surface area contributed by atoms with Gasteiger partial charge < -0.3 is 9.84 Å². The maximum absolute atomic E-state index is 13.3. The number of hydrogen-bond donors (Lipinski definition) is 1. The van der Waals surface area contributed by atoms with Crippen LogP contribution in [-0.2, 0) is 0 Å². The van der Waals surface area contributed by atoms with Gasteiger partial charge in [-0.1, -0.05) is 12.1 Å². The highest BCUT2D eigenvalue weighted by atomic mass is 19.4. The van der Waals surface area contributed by atoms with Crippen LogP contribution in [0.3, 0.4) is 0 Å². The van der Waals surface area contributed by atoms with E-state index < -0.39 is 29.7 Å². The van der Waals surface area contributed by atoms with E-state index in [1.165, 1.54) is 6.07 Å². The van der Waals surface area contributed by atoms with Gasteiger partial charge in [-0.25, -0.2) is 0 Å². The fraction of sp³-hybridized carbons (Fsp3) is 0.455. The van der Waals surface area contributed by atoms with Crippen LogP contribution in [0.15, 0.2) is 24.3 Å². The van der Waals surface area contributed by atoms with Crippen molar-refractivity contribution in [2.45, 2.75) is 24.1 Å². The molecule has 0 heterocycles. The van der Waals surface area contributed by atoms with Crippen LogP contribution >= 0.6 is 0 Å². The molecule has 1 rings (SSSR count). The second-order valence-electron chi connectivity index (χ2n) is 3.87. The number of ether oxygens (including phenoxy) is 1. The molecule has 0 aliphatic rings. The SMILES string of the molecule is COc1cccc(C(O)C(F)(F)C(F)(F)C(F)(F)F)c1. The molecule has 0 fully saturated rings. The number of benzene rings is 1. The van der Waals surface area contributed by atoms with Gasteiger partial charge in [0, 0.05) is 0 Å². The van der Waals surface area contributed by atoms with Crippen molar-refractivity contribution in [2.24, 2.45) is 0 Å². The number of rotatable bonds is 4. The summed E-state index contributed by atoms with van der Waals surface area (Å²) in [6.45, 7) is 0. The van der Waals surface area contributed by atoms with Crippen molar-refractivity contribution < 1.29 is 40.6 Å². The van der Waals surface area contributed by atoms with Crippen molar-refractivity contribution in [1.82, 2.24) is 0 Å². The molecule has 0 aromatic heterocycles. The maximum Gasteiger partial charge on any atom is 0.459 e. The van der Waals surface area contributed by atoms with E-state index in [1.54, 1.807) is 0 Å². The number of hydrogen-bond acceptors (Lipinski definition) is 2. The maximum atomic E-state index is 13.3. The van der Waals surface area contributed by atoms with Crippen LogP contribution in [-0.4, -0.2) is 30.2 Å². The Morgan fingerprint density at radius 2 is 1.60 bits per heavy atom. The molecule has 0 bridgehead atoms. The Morgan fingerprint density at radius 3 is 2.05 bits per heavy atom. The van der Waals surface area contributed by atoms with Crippen LogP contribution in [0.4, 0.5) is 30.7 Å². The molecule has 1 N–H and O–H groups in total. The Morgan fingerprint density at radius 1 is 1.05 bits per heavy atom. The molecule has 2 nitrogen and oxygen atoms in total. The van der Waals surface area contributed by atoms with Crippen molar-refractivity contribution >= 4 is 0 Å². The molecule has 0 amide bonds. The molecule has 1 aromatic carbocycles. The summed E-state index contributed by atoms with van der Waals surface area (Å²) in [5.74, 6) is -12.2. The predicted molar refractivity (Wildman–Crippen MR) is 53.9 cm³/mol. The van der Waals surface area contributed by atoms with Crippen LogP contribution in [0.1, 0.15) is 11.7 Å². The largest absolute Gasteiger partial charge is 0.497 e. The zero-order chi connectivity index (χ0) is 15.8. The highest BCUT2D eigenvalue weighted by molar-refractivity contribution is 5.31. The highest BCUT2D eigenvalue weighted by Crippen LogP contribution is 2.51. The van der Waals surface area contributed by atoms with Crippen molar-refractivity contribution in [1.29, 1.82) is 0 Å². The van der Waals surface area contributed by atoms with Crippen molar-refractivity contribution in [3.05, 3.63) is 29.8 Å². The summed E-state index contributed by atoms with van der Waals surface area (Å²) < 4.78 is 92.6. The van der Waals surface area contributed by atoms with Gasteiger partial charge in [0.25, 0.3) is 0 Å². The molecule has 0 spiro atoms. The van der Waals surface area contributed by atoms with Gasteiger partial charge in [-0.15, -0.1) is 0 Å². The number of aliphatic hydroxyl groups excluding tert-OH is 1. The van der Waals surface area contributed by atoms with Crippen molar-refractivity contribution in [3.8, 4) is 5.75 Å². The second kappa shape index (κ2) is 5.12. The molecule has 0 saturated heterocycles. The molecule has 0 aliphatic heterocycles. The summed E-state index contributed by atoms with van der Waals surface area (Å²) in [5, 5.41) is 9.18. The fourth-order valence-electron chi connectivity index (χ4n) is 1.38. The molecular weight excluding hydrogens is 297 g/mol. The fourth-order valence-corrected chi connectivity index (χ4v) is 1.38. The molecule has 1 atom stereocenters. The Kier molecular flexibility index (Phi) is 4.23. The van der Waals surface area contributed by atoms with Crippen LogP contribution in [0, 0.1) is 0 Å². The summed E-state index contributed by atoms with van der Waals surface area (Å²) in [5.41, 5.74) is -0.821. The van der Waals surface area contributed by atoms with E-state index in [0.29, 0.717) is 0 Å². The Labute approximate surface area is 108 Å². The van der Waals surface area contributed by atoms with E-state index in [0.717, 1.165) is 25.3 Å². The standard InChI is InChI=1S/C11H9F7O2/c1-20-7-4-2-3-6(5-7)8(19)9(12,13)10(14,15)11(16,17)18/h2-5,8,19H,1H3. The number of aliphatic hydroxyl groups is 1.